The fraction of sp³-hybridized carbons (Fsp3) is 0.308. The molecule has 1 aliphatic heterocycles. The molecular formula is C26H27N3O6. The zero-order valence-corrected chi connectivity index (χ0v) is 20.0. The molecule has 9 heteroatoms. The maximum atomic E-state index is 13.7. The Kier molecular flexibility index (Phi) is 5.76. The predicted octanol–water partition coefficient (Wildman–Crippen LogP) is 3.70. The van der Waals surface area contributed by atoms with E-state index in [9.17, 15) is 9.59 Å². The molecule has 2 aromatic carbocycles. The lowest BCUT2D eigenvalue weighted by Crippen LogP contribution is -2.31. The number of hydrogen-bond donors (Lipinski definition) is 3. The second-order valence-electron chi connectivity index (χ2n) is 8.54. The summed E-state index contributed by atoms with van der Waals surface area (Å²) < 4.78 is 22.0. The number of H-pyrrole nitrogens is 2. The van der Waals surface area contributed by atoms with Crippen LogP contribution in [0.2, 0.25) is 0 Å². The van der Waals surface area contributed by atoms with Gasteiger partial charge in [0.15, 0.2) is 28.8 Å². The van der Waals surface area contributed by atoms with Crippen LogP contribution >= 0.6 is 0 Å². The maximum absolute atomic E-state index is 13.7. The van der Waals surface area contributed by atoms with Gasteiger partial charge in [-0.3, -0.25) is 19.8 Å². The molecule has 182 valence electrons. The van der Waals surface area contributed by atoms with Gasteiger partial charge in [0, 0.05) is 23.3 Å². The lowest BCUT2D eigenvalue weighted by atomic mass is 9.72. The molecular weight excluding hydrogens is 450 g/mol. The second kappa shape index (κ2) is 8.90. The van der Waals surface area contributed by atoms with E-state index in [1.807, 2.05) is 30.3 Å². The van der Waals surface area contributed by atoms with E-state index in [1.165, 1.54) is 0 Å². The number of carbonyl (C=O) groups excluding carboxylic acids is 1. The van der Waals surface area contributed by atoms with Gasteiger partial charge in [0.25, 0.3) is 5.56 Å². The Bertz CT molecular complexity index is 1390. The SMILES string of the molecule is COc1ccc([C@@H]2CC(=O)C3=C(C2)Nc2[nH][nH]c(=O)c2[C@H]3c2cccc(OC)c2OC)cc1OC. The highest BCUT2D eigenvalue weighted by atomic mass is 16.5. The average molecular weight is 478 g/mol. The molecule has 2 heterocycles. The van der Waals surface area contributed by atoms with Gasteiger partial charge in [-0.25, -0.2) is 0 Å². The topological polar surface area (TPSA) is 115 Å². The van der Waals surface area contributed by atoms with Crippen molar-refractivity contribution < 1.29 is 23.7 Å². The molecule has 0 amide bonds. The predicted molar refractivity (Wildman–Crippen MR) is 130 cm³/mol. The smallest absolute Gasteiger partial charge is 0.270 e. The summed E-state index contributed by atoms with van der Waals surface area (Å²) in [5.41, 5.74) is 3.19. The highest BCUT2D eigenvalue weighted by molar-refractivity contribution is 6.01. The van der Waals surface area contributed by atoms with Crippen LogP contribution < -0.4 is 29.8 Å². The Morgan fingerprint density at radius 2 is 1.60 bits per heavy atom. The molecule has 5 rings (SSSR count). The fourth-order valence-electron chi connectivity index (χ4n) is 5.21. The molecule has 0 saturated heterocycles. The van der Waals surface area contributed by atoms with Crippen molar-refractivity contribution in [2.45, 2.75) is 24.7 Å². The Balaban J connectivity index is 1.63. The van der Waals surface area contributed by atoms with Crippen LogP contribution in [0.25, 0.3) is 0 Å². The van der Waals surface area contributed by atoms with E-state index >= 15 is 0 Å². The van der Waals surface area contributed by atoms with Gasteiger partial charge in [0.2, 0.25) is 0 Å². The minimum absolute atomic E-state index is 0.0281. The number of ketones is 1. The maximum Gasteiger partial charge on any atom is 0.270 e. The first-order valence-corrected chi connectivity index (χ1v) is 11.3. The van der Waals surface area contributed by atoms with Gasteiger partial charge in [0.1, 0.15) is 5.82 Å². The third kappa shape index (κ3) is 3.63. The molecule has 2 aliphatic rings. The number of ether oxygens (including phenoxy) is 4. The average Bonchev–Trinajstić information content (AvgIpc) is 3.26. The molecule has 1 aliphatic carbocycles. The number of fused-ring (bicyclic) bond motifs is 1. The molecule has 0 spiro atoms. The Morgan fingerprint density at radius 3 is 2.31 bits per heavy atom. The molecule has 1 aromatic heterocycles. The van der Waals surface area contributed by atoms with Gasteiger partial charge in [-0.05, 0) is 36.1 Å². The molecule has 2 atom stereocenters. The summed E-state index contributed by atoms with van der Waals surface area (Å²) in [6, 6.07) is 11.2. The van der Waals surface area contributed by atoms with E-state index in [1.54, 1.807) is 34.5 Å². The Morgan fingerprint density at radius 1 is 0.829 bits per heavy atom. The number of aromatic nitrogens is 2. The standard InChI is InChI=1S/C26H27N3O6/c1-32-18-9-8-13(12-20(18)34-3)14-10-16-22(17(30)11-14)21(23-25(27-16)28-29-26(23)31)15-6-5-7-19(33-2)24(15)35-4/h5-9,12,14,21H,10-11H2,1-4H3,(H3,27,28,29,31)/t14-,21-/m0/s1. The van der Waals surface area contributed by atoms with Crippen LogP contribution in [-0.4, -0.2) is 44.4 Å². The summed E-state index contributed by atoms with van der Waals surface area (Å²) in [6.45, 7) is 0. The monoisotopic (exact) mass is 477 g/mol. The van der Waals surface area contributed by atoms with Gasteiger partial charge in [0.05, 0.1) is 39.9 Å². The van der Waals surface area contributed by atoms with E-state index < -0.39 is 5.92 Å². The van der Waals surface area contributed by atoms with Crippen molar-refractivity contribution >= 4 is 11.6 Å². The minimum atomic E-state index is -0.597. The molecule has 0 bridgehead atoms. The first-order valence-electron chi connectivity index (χ1n) is 11.3. The number of nitrogens with one attached hydrogen (secondary N) is 3. The van der Waals surface area contributed by atoms with Crippen LogP contribution in [0.15, 0.2) is 52.5 Å². The van der Waals surface area contributed by atoms with Crippen molar-refractivity contribution in [3.63, 3.8) is 0 Å². The third-order valence-electron chi connectivity index (χ3n) is 6.80. The van der Waals surface area contributed by atoms with Crippen molar-refractivity contribution in [1.29, 1.82) is 0 Å². The highest BCUT2D eigenvalue weighted by Crippen LogP contribution is 2.50. The van der Waals surface area contributed by atoms with Gasteiger partial charge in [-0.1, -0.05) is 18.2 Å². The number of anilines is 1. The molecule has 3 N–H and O–H groups in total. The number of hydrogen-bond acceptors (Lipinski definition) is 7. The van der Waals surface area contributed by atoms with E-state index in [-0.39, 0.29) is 17.3 Å². The highest BCUT2D eigenvalue weighted by Gasteiger charge is 2.42. The summed E-state index contributed by atoms with van der Waals surface area (Å²) in [7, 11) is 6.29. The largest absolute Gasteiger partial charge is 0.493 e. The number of rotatable bonds is 6. The first kappa shape index (κ1) is 22.6. The normalized spacial score (nSPS) is 18.9. The van der Waals surface area contributed by atoms with Crippen LogP contribution in [0.1, 0.15) is 41.4 Å². The quantitative estimate of drug-likeness (QED) is 0.496. The van der Waals surface area contributed by atoms with Crippen LogP contribution in [0, 0.1) is 0 Å². The summed E-state index contributed by atoms with van der Waals surface area (Å²) >= 11 is 0. The van der Waals surface area contributed by atoms with E-state index in [0.29, 0.717) is 58.4 Å². The van der Waals surface area contributed by atoms with Crippen molar-refractivity contribution in [3.8, 4) is 23.0 Å². The third-order valence-corrected chi connectivity index (χ3v) is 6.80. The van der Waals surface area contributed by atoms with E-state index in [2.05, 4.69) is 15.5 Å². The lowest BCUT2D eigenvalue weighted by molar-refractivity contribution is -0.116. The number of Topliss-reactive ketones (excluding diaryl/α,β-unsaturated/α-hetero) is 1. The number of allylic oxidation sites excluding steroid dienone is 2. The second-order valence-corrected chi connectivity index (χ2v) is 8.54. The first-order chi connectivity index (χ1) is 17.0. The van der Waals surface area contributed by atoms with Crippen molar-refractivity contribution in [2.24, 2.45) is 0 Å². The number of aromatic amines is 2. The Labute approximate surface area is 202 Å². The van der Waals surface area contributed by atoms with Crippen molar-refractivity contribution in [3.05, 3.63) is 74.7 Å². The Hall–Kier alpha value is -4.14. The minimum Gasteiger partial charge on any atom is -0.493 e. The fourth-order valence-corrected chi connectivity index (χ4v) is 5.21. The zero-order chi connectivity index (χ0) is 24.7. The zero-order valence-electron chi connectivity index (χ0n) is 20.0. The van der Waals surface area contributed by atoms with E-state index in [0.717, 1.165) is 11.3 Å². The van der Waals surface area contributed by atoms with Gasteiger partial charge < -0.3 is 24.3 Å². The summed E-state index contributed by atoms with van der Waals surface area (Å²) in [6.07, 6.45) is 0.891. The van der Waals surface area contributed by atoms with Gasteiger partial charge in [-0.15, -0.1) is 0 Å². The molecule has 0 radical (unpaired) electrons. The molecule has 9 nitrogen and oxygen atoms in total. The number of carbonyl (C=O) groups is 1. The summed E-state index contributed by atoms with van der Waals surface area (Å²) in [5, 5.41) is 8.89. The van der Waals surface area contributed by atoms with Crippen molar-refractivity contribution in [2.75, 3.05) is 33.8 Å². The number of methoxy groups -OCH3 is 4. The van der Waals surface area contributed by atoms with Crippen LogP contribution in [0.4, 0.5) is 5.82 Å². The van der Waals surface area contributed by atoms with Gasteiger partial charge in [-0.2, -0.15) is 0 Å². The summed E-state index contributed by atoms with van der Waals surface area (Å²) in [5.74, 6) is 2.14. The van der Waals surface area contributed by atoms with Gasteiger partial charge >= 0.3 is 0 Å². The molecule has 0 saturated carbocycles. The van der Waals surface area contributed by atoms with Crippen LogP contribution in [-0.2, 0) is 4.79 Å². The van der Waals surface area contributed by atoms with Crippen molar-refractivity contribution in [1.82, 2.24) is 10.2 Å². The number of para-hydroxylation sites is 1. The molecule has 0 fully saturated rings. The van der Waals surface area contributed by atoms with E-state index in [4.69, 9.17) is 18.9 Å². The molecule has 3 aromatic rings. The van der Waals surface area contributed by atoms with Crippen LogP contribution in [0.3, 0.4) is 0 Å². The number of benzene rings is 2. The molecule has 0 unspecified atom stereocenters. The van der Waals surface area contributed by atoms with Crippen LogP contribution in [0.5, 0.6) is 23.0 Å². The molecule has 35 heavy (non-hydrogen) atoms. The summed E-state index contributed by atoms with van der Waals surface area (Å²) in [4.78, 5) is 26.6. The lowest BCUT2D eigenvalue weighted by Gasteiger charge is -2.35.